The Morgan fingerprint density at radius 2 is 1.74 bits per heavy atom. The number of fused-ring (bicyclic) bond motifs is 5. The van der Waals surface area contributed by atoms with Gasteiger partial charge in [-0.05, 0) is 69.1 Å². The lowest BCUT2D eigenvalue weighted by atomic mass is 9.57. The highest BCUT2D eigenvalue weighted by atomic mass is 35.5. The summed E-state index contributed by atoms with van der Waals surface area (Å²) in [6, 6.07) is 11.4. The van der Waals surface area contributed by atoms with Gasteiger partial charge in [0.1, 0.15) is 6.04 Å². The van der Waals surface area contributed by atoms with Gasteiger partial charge in [0.25, 0.3) is 0 Å². The molecule has 7 rings (SSSR count). The number of carboxylic acid groups (broad SMARTS) is 1. The van der Waals surface area contributed by atoms with Crippen molar-refractivity contribution >= 4 is 41.3 Å². The molecule has 2 bridgehead atoms. The van der Waals surface area contributed by atoms with Crippen molar-refractivity contribution in [1.29, 1.82) is 0 Å². The van der Waals surface area contributed by atoms with Gasteiger partial charge >= 0.3 is 12.2 Å². The van der Waals surface area contributed by atoms with Crippen LogP contribution in [0.5, 0.6) is 0 Å². The number of ether oxygens (including phenoxy) is 1. The Balaban J connectivity index is 1.25. The molecule has 1 saturated heterocycles. The van der Waals surface area contributed by atoms with E-state index in [2.05, 4.69) is 16.0 Å². The van der Waals surface area contributed by atoms with Crippen LogP contribution in [-0.2, 0) is 26.3 Å². The zero-order valence-corrected chi connectivity index (χ0v) is 24.3. The first kappa shape index (κ1) is 29.2. The molecule has 4 amide bonds. The van der Waals surface area contributed by atoms with E-state index in [0.29, 0.717) is 57.9 Å². The van der Waals surface area contributed by atoms with Crippen molar-refractivity contribution in [2.24, 2.45) is 5.41 Å². The van der Waals surface area contributed by atoms with Gasteiger partial charge in [-0.3, -0.25) is 14.9 Å². The number of benzene rings is 2. The van der Waals surface area contributed by atoms with E-state index in [9.17, 15) is 24.3 Å². The lowest BCUT2D eigenvalue weighted by molar-refractivity contribution is -0.147. The first-order valence-electron chi connectivity index (χ1n) is 14.7. The Kier molecular flexibility index (Phi) is 7.48. The van der Waals surface area contributed by atoms with Crippen molar-refractivity contribution in [3.05, 3.63) is 64.4 Å². The molecule has 43 heavy (non-hydrogen) atoms. The molecule has 3 aliphatic carbocycles. The predicted octanol–water partition coefficient (Wildman–Crippen LogP) is 4.95. The summed E-state index contributed by atoms with van der Waals surface area (Å²) >= 11 is 6.11. The minimum absolute atomic E-state index is 0.0841. The summed E-state index contributed by atoms with van der Waals surface area (Å²) in [5, 5.41) is 17.4. The van der Waals surface area contributed by atoms with Gasteiger partial charge in [-0.15, -0.1) is 0 Å². The average Bonchev–Trinajstić information content (AvgIpc) is 2.99. The van der Waals surface area contributed by atoms with E-state index >= 15 is 4.39 Å². The van der Waals surface area contributed by atoms with Crippen molar-refractivity contribution in [2.45, 2.75) is 75.0 Å². The van der Waals surface area contributed by atoms with Crippen molar-refractivity contribution in [3.8, 4) is 0 Å². The summed E-state index contributed by atoms with van der Waals surface area (Å²) < 4.78 is 21.1. The fourth-order valence-corrected chi connectivity index (χ4v) is 7.64. The molecule has 2 heterocycles. The number of nitrogens with zero attached hydrogens (tertiary/aromatic N) is 1. The molecule has 0 aromatic heterocycles. The number of rotatable bonds is 6. The first-order valence-corrected chi connectivity index (χ1v) is 15.0. The van der Waals surface area contributed by atoms with E-state index in [-0.39, 0.29) is 41.1 Å². The minimum atomic E-state index is -1.42. The number of hydrogen-bond acceptors (Lipinski definition) is 5. The third kappa shape index (κ3) is 5.39. The smallest absolute Gasteiger partial charge is 0.412 e. The number of piperidine rings is 1. The van der Waals surface area contributed by atoms with E-state index in [1.807, 2.05) is 30.3 Å². The normalized spacial score (nSPS) is 28.3. The highest BCUT2D eigenvalue weighted by molar-refractivity contribution is 6.31. The first-order chi connectivity index (χ1) is 20.5. The molecular formula is C31H34ClFN4O6. The van der Waals surface area contributed by atoms with Crippen LogP contribution in [-0.4, -0.2) is 58.7 Å². The molecule has 12 heteroatoms. The number of halogens is 2. The Morgan fingerprint density at radius 1 is 1.05 bits per heavy atom. The number of carbonyl (C=O) groups excluding carboxylic acids is 3. The highest BCUT2D eigenvalue weighted by Gasteiger charge is 2.54. The van der Waals surface area contributed by atoms with Gasteiger partial charge in [0.15, 0.2) is 11.4 Å². The third-order valence-corrected chi connectivity index (χ3v) is 10.1. The molecule has 2 atom stereocenters. The van der Waals surface area contributed by atoms with Crippen LogP contribution in [0.3, 0.4) is 0 Å². The summed E-state index contributed by atoms with van der Waals surface area (Å²) in [7, 11) is 0. The number of carbonyl (C=O) groups is 4. The maximum absolute atomic E-state index is 15.4. The van der Waals surface area contributed by atoms with Crippen LogP contribution >= 0.6 is 11.6 Å². The van der Waals surface area contributed by atoms with Gasteiger partial charge in [0, 0.05) is 23.9 Å². The maximum atomic E-state index is 15.4. The maximum Gasteiger partial charge on any atom is 0.412 e. The fourth-order valence-electron chi connectivity index (χ4n) is 7.48. The molecule has 2 aromatic rings. The number of hydrogen-bond donors (Lipinski definition) is 4. The van der Waals surface area contributed by atoms with Crippen molar-refractivity contribution in [3.63, 3.8) is 0 Å². The molecule has 2 aliphatic heterocycles. The van der Waals surface area contributed by atoms with Gasteiger partial charge in [0.05, 0.1) is 22.8 Å². The van der Waals surface area contributed by atoms with Gasteiger partial charge in [-0.2, -0.15) is 0 Å². The van der Waals surface area contributed by atoms with Gasteiger partial charge < -0.3 is 25.4 Å². The molecule has 3 saturated carbocycles. The topological polar surface area (TPSA) is 137 Å². The van der Waals surface area contributed by atoms with E-state index in [0.717, 1.165) is 5.56 Å². The number of anilines is 1. The van der Waals surface area contributed by atoms with E-state index < -0.39 is 40.6 Å². The van der Waals surface area contributed by atoms with Gasteiger partial charge in [-0.25, -0.2) is 14.0 Å². The molecule has 2 aromatic carbocycles. The fraction of sp³-hybridized carbons (Fsp3) is 0.484. The monoisotopic (exact) mass is 612 g/mol. The molecule has 5 aliphatic rings. The van der Waals surface area contributed by atoms with Crippen molar-refractivity contribution in [1.82, 2.24) is 15.5 Å². The zero-order chi connectivity index (χ0) is 30.4. The SMILES string of the molecule is O=C(O)NC12CCC(C(=O)N[C@@H](Cc3ccccc3)C(=O)N3CCCC4(C3)OC(=O)Nc3ccc(Cl)c(F)c34)(CC1)CC2. The minimum Gasteiger partial charge on any atom is -0.465 e. The van der Waals surface area contributed by atoms with E-state index in [1.54, 1.807) is 4.90 Å². The molecule has 1 unspecified atom stereocenters. The van der Waals surface area contributed by atoms with Crippen LogP contribution in [0.4, 0.5) is 19.7 Å². The summed E-state index contributed by atoms with van der Waals surface area (Å²) in [6.07, 6.45) is 2.46. The lowest BCUT2D eigenvalue weighted by Gasteiger charge is -2.52. The summed E-state index contributed by atoms with van der Waals surface area (Å²) in [4.78, 5) is 53.6. The second-order valence-corrected chi connectivity index (χ2v) is 12.8. The Bertz CT molecular complexity index is 1450. The largest absolute Gasteiger partial charge is 0.465 e. The quantitative estimate of drug-likeness (QED) is 0.364. The molecule has 228 valence electrons. The molecule has 4 N–H and O–H groups in total. The van der Waals surface area contributed by atoms with Crippen LogP contribution in [0.25, 0.3) is 0 Å². The second-order valence-electron chi connectivity index (χ2n) is 12.4. The third-order valence-electron chi connectivity index (χ3n) is 9.83. The number of likely N-dealkylation sites (tertiary alicyclic amines) is 1. The molecule has 1 spiro atoms. The number of nitrogens with one attached hydrogen (secondary N) is 3. The van der Waals surface area contributed by atoms with Gasteiger partial charge in [-0.1, -0.05) is 41.9 Å². The number of amides is 4. The van der Waals surface area contributed by atoms with Crippen molar-refractivity contribution < 1.29 is 33.4 Å². The highest BCUT2D eigenvalue weighted by Crippen LogP contribution is 2.52. The van der Waals surface area contributed by atoms with Crippen LogP contribution < -0.4 is 16.0 Å². The van der Waals surface area contributed by atoms with E-state index in [1.165, 1.54) is 12.1 Å². The van der Waals surface area contributed by atoms with Gasteiger partial charge in [0.2, 0.25) is 11.8 Å². The molecule has 0 radical (unpaired) electrons. The van der Waals surface area contributed by atoms with Crippen LogP contribution in [0.15, 0.2) is 42.5 Å². The molecular weight excluding hydrogens is 579 g/mol. The Hall–Kier alpha value is -3.86. The zero-order valence-electron chi connectivity index (χ0n) is 23.6. The standard InChI is InChI=1S/C31H34ClFN4O6/c32-20-7-8-21-23(24(20)33)31(43-28(42)35-21)9-4-16-37(18-31)25(38)22(17-19-5-2-1-3-6-19)34-26(39)29-10-13-30(14-11-29,15-12-29)36-27(40)41/h1-3,5-8,22,36H,4,9-18H2,(H,34,39)(H,35,42)(H,40,41)/t22-,29?,30?,31?/m0/s1. The second kappa shape index (κ2) is 11.0. The van der Waals surface area contributed by atoms with Crippen LogP contribution in [0, 0.1) is 11.2 Å². The van der Waals surface area contributed by atoms with Crippen LogP contribution in [0.1, 0.15) is 62.5 Å². The lowest BCUT2D eigenvalue weighted by Crippen LogP contribution is -2.62. The summed E-state index contributed by atoms with van der Waals surface area (Å²) in [5.41, 5.74) is -1.38. The predicted molar refractivity (Wildman–Crippen MR) is 155 cm³/mol. The van der Waals surface area contributed by atoms with Crippen molar-refractivity contribution in [2.75, 3.05) is 18.4 Å². The van der Waals surface area contributed by atoms with Crippen LogP contribution in [0.2, 0.25) is 5.02 Å². The summed E-state index contributed by atoms with van der Waals surface area (Å²) in [5.74, 6) is -1.27. The average molecular weight is 613 g/mol. The molecule has 4 fully saturated rings. The Morgan fingerprint density at radius 3 is 2.42 bits per heavy atom. The van der Waals surface area contributed by atoms with E-state index in [4.69, 9.17) is 16.3 Å². The Labute approximate surface area is 253 Å². The summed E-state index contributed by atoms with van der Waals surface area (Å²) in [6.45, 7) is 0.262. The molecule has 10 nitrogen and oxygen atoms in total.